The van der Waals surface area contributed by atoms with E-state index in [-0.39, 0.29) is 23.0 Å². The number of aliphatic hydroxyl groups excluding tert-OH is 1. The summed E-state index contributed by atoms with van der Waals surface area (Å²) in [5.74, 6) is -0.753. The molecule has 0 bridgehead atoms. The van der Waals surface area contributed by atoms with Crippen LogP contribution in [0.25, 0.3) is 6.08 Å². The van der Waals surface area contributed by atoms with Crippen molar-refractivity contribution in [2.24, 2.45) is 0 Å². The molecule has 0 aliphatic carbocycles. The number of aliphatic carboxylic acids is 1. The average Bonchev–Trinajstić information content (AvgIpc) is 3.10. The summed E-state index contributed by atoms with van der Waals surface area (Å²) in [6.07, 6.45) is 0.263. The van der Waals surface area contributed by atoms with Gasteiger partial charge in [-0.05, 0) is 43.3 Å². The number of amides is 1. The van der Waals surface area contributed by atoms with Crippen molar-refractivity contribution in [3.63, 3.8) is 0 Å². The first-order valence-electron chi connectivity index (χ1n) is 9.86. The van der Waals surface area contributed by atoms with Crippen LogP contribution in [0.4, 0.5) is 0 Å². The molecule has 0 saturated carbocycles. The molecule has 1 aliphatic rings. The number of nitrogens with one attached hydrogen (secondary N) is 1. The molecule has 3 rings (SSSR count). The molecule has 1 amide bonds. The standard InChI is InChI=1S/C23H23NO9/c1-12(25)21(23(28)29)24-20(26)11-32-15-4-6-16-18(10-15)33-19(22(16)27)9-13-8-14(30-2)5-7-17(13)31-3/h4-10,12,21,25H,11H2,1-3H3,(H,24,26)(H,28,29)/b19-9-/t12-,21+/m1/s1. The van der Waals surface area contributed by atoms with Crippen LogP contribution in [0.5, 0.6) is 23.0 Å². The summed E-state index contributed by atoms with van der Waals surface area (Å²) < 4.78 is 21.6. The molecule has 0 radical (unpaired) electrons. The topological polar surface area (TPSA) is 141 Å². The van der Waals surface area contributed by atoms with Crippen molar-refractivity contribution in [1.82, 2.24) is 5.32 Å². The summed E-state index contributed by atoms with van der Waals surface area (Å²) in [5, 5.41) is 20.6. The van der Waals surface area contributed by atoms with E-state index >= 15 is 0 Å². The third kappa shape index (κ3) is 5.42. The van der Waals surface area contributed by atoms with Gasteiger partial charge in [0.05, 0.1) is 25.9 Å². The zero-order valence-electron chi connectivity index (χ0n) is 18.2. The first-order valence-corrected chi connectivity index (χ1v) is 9.86. The zero-order chi connectivity index (χ0) is 24.1. The number of hydrogen-bond donors (Lipinski definition) is 3. The fourth-order valence-corrected chi connectivity index (χ4v) is 3.10. The number of aliphatic hydroxyl groups is 1. The second-order valence-corrected chi connectivity index (χ2v) is 7.12. The Bertz CT molecular complexity index is 1110. The van der Waals surface area contributed by atoms with Gasteiger partial charge in [-0.25, -0.2) is 4.79 Å². The highest BCUT2D eigenvalue weighted by Crippen LogP contribution is 2.36. The van der Waals surface area contributed by atoms with Gasteiger partial charge in [-0.3, -0.25) is 9.59 Å². The number of ketones is 1. The van der Waals surface area contributed by atoms with Crippen LogP contribution < -0.4 is 24.3 Å². The van der Waals surface area contributed by atoms with E-state index in [0.717, 1.165) is 0 Å². The van der Waals surface area contributed by atoms with Crippen LogP contribution in [-0.4, -0.2) is 60.8 Å². The summed E-state index contributed by atoms with van der Waals surface area (Å²) in [6, 6.07) is 8.14. The smallest absolute Gasteiger partial charge is 0.328 e. The van der Waals surface area contributed by atoms with Gasteiger partial charge < -0.3 is 34.5 Å². The molecular formula is C23H23NO9. The van der Waals surface area contributed by atoms with Gasteiger partial charge >= 0.3 is 5.97 Å². The van der Waals surface area contributed by atoms with E-state index in [1.54, 1.807) is 24.3 Å². The van der Waals surface area contributed by atoms with E-state index in [4.69, 9.17) is 24.1 Å². The van der Waals surface area contributed by atoms with Crippen LogP contribution in [-0.2, 0) is 9.59 Å². The number of rotatable bonds is 9. The monoisotopic (exact) mass is 457 g/mol. The van der Waals surface area contributed by atoms with E-state index in [9.17, 15) is 19.5 Å². The lowest BCUT2D eigenvalue weighted by Gasteiger charge is -2.17. The van der Waals surface area contributed by atoms with E-state index < -0.39 is 30.6 Å². The lowest BCUT2D eigenvalue weighted by molar-refractivity contribution is -0.145. The average molecular weight is 457 g/mol. The van der Waals surface area contributed by atoms with E-state index in [1.165, 1.54) is 39.3 Å². The summed E-state index contributed by atoms with van der Waals surface area (Å²) in [5.41, 5.74) is 0.909. The fraction of sp³-hybridized carbons (Fsp3) is 0.261. The third-order valence-electron chi connectivity index (χ3n) is 4.80. The van der Waals surface area contributed by atoms with Crippen LogP contribution in [0.2, 0.25) is 0 Å². The minimum Gasteiger partial charge on any atom is -0.497 e. The minimum absolute atomic E-state index is 0.0766. The maximum Gasteiger partial charge on any atom is 0.328 e. The molecule has 10 nitrogen and oxygen atoms in total. The Morgan fingerprint density at radius 1 is 1.12 bits per heavy atom. The van der Waals surface area contributed by atoms with Crippen molar-refractivity contribution >= 4 is 23.7 Å². The number of methoxy groups -OCH3 is 2. The number of carboxylic acid groups (broad SMARTS) is 1. The number of Topliss-reactive ketones (excluding diaryl/α,β-unsaturated/α-hetero) is 1. The highest BCUT2D eigenvalue weighted by molar-refractivity contribution is 6.14. The number of fused-ring (bicyclic) bond motifs is 1. The lowest BCUT2D eigenvalue weighted by Crippen LogP contribution is -2.49. The molecule has 0 spiro atoms. The van der Waals surface area contributed by atoms with Crippen LogP contribution in [0.1, 0.15) is 22.8 Å². The van der Waals surface area contributed by atoms with Crippen molar-refractivity contribution < 1.29 is 43.5 Å². The van der Waals surface area contributed by atoms with Crippen molar-refractivity contribution in [2.75, 3.05) is 20.8 Å². The fourth-order valence-electron chi connectivity index (χ4n) is 3.10. The predicted molar refractivity (Wildman–Crippen MR) is 116 cm³/mol. The van der Waals surface area contributed by atoms with Gasteiger partial charge in [-0.1, -0.05) is 0 Å². The predicted octanol–water partition coefficient (Wildman–Crippen LogP) is 1.65. The molecule has 1 aliphatic heterocycles. The number of carboxylic acids is 1. The van der Waals surface area contributed by atoms with Gasteiger partial charge in [0.25, 0.3) is 5.91 Å². The van der Waals surface area contributed by atoms with Crippen molar-refractivity contribution in [2.45, 2.75) is 19.1 Å². The molecule has 0 fully saturated rings. The van der Waals surface area contributed by atoms with Gasteiger partial charge in [0.15, 0.2) is 18.4 Å². The second kappa shape index (κ2) is 10.0. The van der Waals surface area contributed by atoms with Gasteiger partial charge in [-0.2, -0.15) is 0 Å². The van der Waals surface area contributed by atoms with Crippen LogP contribution >= 0.6 is 0 Å². The molecule has 3 N–H and O–H groups in total. The summed E-state index contributed by atoms with van der Waals surface area (Å²) in [4.78, 5) is 35.8. The van der Waals surface area contributed by atoms with Gasteiger partial charge in [0.1, 0.15) is 23.0 Å². The number of carbonyl (C=O) groups is 3. The van der Waals surface area contributed by atoms with Crippen molar-refractivity contribution in [1.29, 1.82) is 0 Å². The maximum absolute atomic E-state index is 12.7. The van der Waals surface area contributed by atoms with Crippen LogP contribution in [0, 0.1) is 0 Å². The number of allylic oxidation sites excluding steroid dienone is 1. The first kappa shape index (κ1) is 23.6. The molecule has 2 aromatic rings. The van der Waals surface area contributed by atoms with Crippen molar-refractivity contribution in [3.8, 4) is 23.0 Å². The molecule has 33 heavy (non-hydrogen) atoms. The van der Waals surface area contributed by atoms with Crippen LogP contribution in [0.3, 0.4) is 0 Å². The van der Waals surface area contributed by atoms with Gasteiger partial charge in [0, 0.05) is 11.6 Å². The largest absolute Gasteiger partial charge is 0.497 e. The Morgan fingerprint density at radius 2 is 1.85 bits per heavy atom. The molecule has 10 heteroatoms. The molecule has 0 saturated heterocycles. The van der Waals surface area contributed by atoms with Crippen molar-refractivity contribution in [3.05, 3.63) is 53.3 Å². The summed E-state index contributed by atoms with van der Waals surface area (Å²) in [6.45, 7) is 0.758. The Balaban J connectivity index is 1.72. The number of benzene rings is 2. The Kier molecular flexibility index (Phi) is 7.19. The second-order valence-electron chi connectivity index (χ2n) is 7.12. The maximum atomic E-state index is 12.7. The molecule has 174 valence electrons. The number of hydrogen-bond acceptors (Lipinski definition) is 8. The van der Waals surface area contributed by atoms with Crippen LogP contribution in [0.15, 0.2) is 42.2 Å². The molecule has 0 unspecified atom stereocenters. The molecule has 2 aromatic carbocycles. The zero-order valence-corrected chi connectivity index (χ0v) is 18.2. The highest BCUT2D eigenvalue weighted by Gasteiger charge is 2.29. The molecule has 0 aromatic heterocycles. The highest BCUT2D eigenvalue weighted by atomic mass is 16.5. The van der Waals surface area contributed by atoms with Gasteiger partial charge in [0.2, 0.25) is 5.78 Å². The minimum atomic E-state index is -1.46. The molecule has 2 atom stereocenters. The third-order valence-corrected chi connectivity index (χ3v) is 4.80. The Hall–Kier alpha value is -4.05. The summed E-state index contributed by atoms with van der Waals surface area (Å²) in [7, 11) is 3.04. The van der Waals surface area contributed by atoms with E-state index in [1.807, 2.05) is 0 Å². The number of ether oxygens (including phenoxy) is 4. The van der Waals surface area contributed by atoms with E-state index in [0.29, 0.717) is 22.6 Å². The summed E-state index contributed by atoms with van der Waals surface area (Å²) >= 11 is 0. The lowest BCUT2D eigenvalue weighted by atomic mass is 10.1. The normalized spacial score (nSPS) is 15.3. The Labute approximate surface area is 189 Å². The molecule has 1 heterocycles. The first-order chi connectivity index (χ1) is 15.7. The van der Waals surface area contributed by atoms with Gasteiger partial charge in [-0.15, -0.1) is 0 Å². The molecular weight excluding hydrogens is 434 g/mol. The quantitative estimate of drug-likeness (QED) is 0.479. The number of carbonyl (C=O) groups excluding carboxylic acids is 2. The SMILES string of the molecule is COc1ccc(OC)c(/C=C2\Oc3cc(OCC(=O)N[C@H](C(=O)O)[C@@H](C)O)ccc3C2=O)c1. The Morgan fingerprint density at radius 3 is 2.48 bits per heavy atom. The van der Waals surface area contributed by atoms with E-state index in [2.05, 4.69) is 5.32 Å².